The van der Waals surface area contributed by atoms with Crippen LogP contribution in [0, 0.1) is 17.8 Å². The van der Waals surface area contributed by atoms with E-state index in [1.54, 1.807) is 80.7 Å². The van der Waals surface area contributed by atoms with Gasteiger partial charge in [0.05, 0.1) is 79.6 Å². The molecule has 3 aliphatic heterocycles. The van der Waals surface area contributed by atoms with Gasteiger partial charge in [0.25, 0.3) is 0 Å². The Hall–Kier alpha value is -3.56. The molecular formula is C47H79NO20. The average molecular weight is 978 g/mol. The number of aliphatic carboxylic acids is 1. The number of carboxylic acid groups (broad SMARTS) is 1. The molecule has 0 aromatic rings. The molecule has 19 atom stereocenters. The molecule has 3 rings (SSSR count). The Morgan fingerprint density at radius 1 is 0.647 bits per heavy atom. The van der Waals surface area contributed by atoms with Crippen LogP contribution in [0.25, 0.3) is 0 Å². The monoisotopic (exact) mass is 978 g/mol. The molecule has 392 valence electrons. The fraction of sp³-hybridized carbons (Fsp3) is 0.660. The Labute approximate surface area is 397 Å². The lowest BCUT2D eigenvalue weighted by Crippen LogP contribution is -2.61. The number of esters is 1. The number of hydrogen-bond donors (Lipinski definition) is 12. The van der Waals surface area contributed by atoms with Crippen LogP contribution < -0.4 is 5.73 Å². The molecule has 0 amide bonds. The van der Waals surface area contributed by atoms with Crippen LogP contribution in [0.2, 0.25) is 0 Å². The molecule has 0 radical (unpaired) electrons. The molecule has 0 saturated carbocycles. The van der Waals surface area contributed by atoms with Crippen LogP contribution in [0.15, 0.2) is 85.1 Å². The Bertz CT molecular complexity index is 1670. The number of allylic oxidation sites excluding steroid dienone is 12. The molecule has 0 aromatic heterocycles. The van der Waals surface area contributed by atoms with E-state index >= 15 is 0 Å². The number of carbonyl (C=O) groups is 2. The summed E-state index contributed by atoms with van der Waals surface area (Å²) in [6, 6.07) is -1.15. The van der Waals surface area contributed by atoms with Crippen LogP contribution >= 0.6 is 0 Å². The van der Waals surface area contributed by atoms with Gasteiger partial charge in [-0.15, -0.1) is 0 Å². The lowest BCUT2D eigenvalue weighted by atomic mass is 9.82. The number of fused-ring (bicyclic) bond motifs is 2. The van der Waals surface area contributed by atoms with E-state index in [9.17, 15) is 65.8 Å². The molecule has 2 fully saturated rings. The number of hydrogen-bond acceptors (Lipinski definition) is 17. The van der Waals surface area contributed by atoms with Gasteiger partial charge in [-0.1, -0.05) is 98.9 Å². The lowest BCUT2D eigenvalue weighted by molar-refractivity contribution is -0.308. The zero-order valence-corrected chi connectivity index (χ0v) is 39.1. The van der Waals surface area contributed by atoms with Gasteiger partial charge >= 0.3 is 11.9 Å². The molecule has 0 unspecified atom stereocenters. The molecule has 21 heteroatoms. The Kier molecular flexibility index (Phi) is 30.0. The number of nitrogens with two attached hydrogens (primary N) is 1. The van der Waals surface area contributed by atoms with Gasteiger partial charge in [0.2, 0.25) is 0 Å². The second-order valence-electron chi connectivity index (χ2n) is 17.6. The second-order valence-corrected chi connectivity index (χ2v) is 17.6. The Morgan fingerprint density at radius 3 is 1.75 bits per heavy atom. The highest BCUT2D eigenvalue weighted by Crippen LogP contribution is 2.38. The molecule has 2 saturated heterocycles. The van der Waals surface area contributed by atoms with Crippen molar-refractivity contribution in [2.45, 2.75) is 177 Å². The van der Waals surface area contributed by atoms with Crippen LogP contribution in [0.4, 0.5) is 0 Å². The average Bonchev–Trinajstić information content (AvgIpc) is 3.21. The van der Waals surface area contributed by atoms with Gasteiger partial charge in [-0.3, -0.25) is 9.59 Å². The standard InChI is InChI=1S/C47H73NO17.3H2O/c1-27-17-15-13-11-9-7-5-6-8-10-12-14-16-18-34(64-46-44(58)41(48)43(57)30(4)63-46)24-38-40(45(59)60)37(54)26-47(61,65-38)25-33(51)22-36(53)35(52)20-19-31(49)21-32(50)23-39(55)62-29(3)28(2)42(27)56;;;/h5-18,27-38,40-44,46,49-54,56-58,61H,19-26,48H2,1-4H3,(H,59,60);3*1H2/b6-5+,9-7+,10-8-,13-11+,14-12+,17-15+,18-16+;;;/t27-,28-,29-,30+,31+,32+,33-,34-,35+,36+,37-,38-,40+,41-,42+,43+,44-,46-,47+;;;/m0.../s1. The summed E-state index contributed by atoms with van der Waals surface area (Å²) in [4.78, 5) is 25.1. The zero-order chi connectivity index (χ0) is 48.4. The van der Waals surface area contributed by atoms with Crippen LogP contribution in [0.3, 0.4) is 0 Å². The highest BCUT2D eigenvalue weighted by atomic mass is 16.7. The number of aliphatic hydroxyl groups excluding tert-OH is 9. The molecule has 68 heavy (non-hydrogen) atoms. The number of carboxylic acids is 1. The van der Waals surface area contributed by atoms with E-state index in [2.05, 4.69) is 0 Å². The first-order valence-electron chi connectivity index (χ1n) is 22.3. The predicted octanol–water partition coefficient (Wildman–Crippen LogP) is -1.76. The minimum absolute atomic E-state index is 0. The van der Waals surface area contributed by atoms with Crippen molar-refractivity contribution in [3.8, 4) is 0 Å². The van der Waals surface area contributed by atoms with Crippen molar-refractivity contribution in [2.24, 2.45) is 23.5 Å². The van der Waals surface area contributed by atoms with E-state index in [4.69, 9.17) is 24.7 Å². The van der Waals surface area contributed by atoms with Gasteiger partial charge in [-0.25, -0.2) is 0 Å². The molecule has 0 aliphatic carbocycles. The topological polar surface area (TPSA) is 414 Å². The van der Waals surface area contributed by atoms with E-state index in [1.807, 2.05) is 19.1 Å². The highest BCUT2D eigenvalue weighted by Gasteiger charge is 2.51. The smallest absolute Gasteiger partial charge is 0.311 e. The quantitative estimate of drug-likeness (QED) is 0.139. The third-order valence-electron chi connectivity index (χ3n) is 12.0. The highest BCUT2D eigenvalue weighted by molar-refractivity contribution is 5.71. The third-order valence-corrected chi connectivity index (χ3v) is 12.0. The Balaban J connectivity index is 0.0000150. The molecule has 2 bridgehead atoms. The summed E-state index contributed by atoms with van der Waals surface area (Å²) < 4.78 is 23.1. The van der Waals surface area contributed by atoms with Crippen molar-refractivity contribution in [2.75, 3.05) is 0 Å². The largest absolute Gasteiger partial charge is 0.481 e. The summed E-state index contributed by atoms with van der Waals surface area (Å²) in [6.07, 6.45) is 3.46. The maximum absolute atomic E-state index is 12.6. The summed E-state index contributed by atoms with van der Waals surface area (Å²) in [5, 5.41) is 118. The minimum Gasteiger partial charge on any atom is -0.481 e. The predicted molar refractivity (Wildman–Crippen MR) is 248 cm³/mol. The lowest BCUT2D eigenvalue weighted by Gasteiger charge is -2.45. The number of carbonyl (C=O) groups excluding carboxylic acids is 1. The van der Waals surface area contributed by atoms with E-state index < -0.39 is 147 Å². The maximum atomic E-state index is 12.6. The first-order valence-corrected chi connectivity index (χ1v) is 22.3. The molecule has 19 N–H and O–H groups in total. The van der Waals surface area contributed by atoms with Crippen LogP contribution in [-0.2, 0) is 28.5 Å². The summed E-state index contributed by atoms with van der Waals surface area (Å²) in [5.41, 5.74) is 6.02. The summed E-state index contributed by atoms with van der Waals surface area (Å²) in [6.45, 7) is 6.74. The van der Waals surface area contributed by atoms with Crippen molar-refractivity contribution in [1.29, 1.82) is 0 Å². The zero-order valence-electron chi connectivity index (χ0n) is 39.1. The van der Waals surface area contributed by atoms with Crippen molar-refractivity contribution in [1.82, 2.24) is 0 Å². The summed E-state index contributed by atoms with van der Waals surface area (Å²) >= 11 is 0. The fourth-order valence-electron chi connectivity index (χ4n) is 7.97. The first kappa shape index (κ1) is 64.4. The Morgan fingerprint density at radius 2 is 1.19 bits per heavy atom. The SMILES string of the molecule is C[C@@H]1[C@H](O)[C@@H](C)/C=C/C=C/C=C/C=C/C=C\C=C\C=C\[C@H](O[C@@H]2O[C@H](C)[C@@H](O)[C@H](N)[C@@H]2O)C[C@@H]2O[C@](O)(C[C@@H](O)C[C@@H](O)[C@H](O)CC[C@@H](O)C[C@@H](O)CC(=O)O[C@H]1C)C[C@H](O)[C@H]2C(=O)O.O.O.O. The van der Waals surface area contributed by atoms with E-state index in [0.717, 1.165) is 0 Å². The van der Waals surface area contributed by atoms with Crippen LogP contribution in [0.1, 0.15) is 79.1 Å². The number of rotatable bonds is 3. The van der Waals surface area contributed by atoms with E-state index in [0.29, 0.717) is 0 Å². The molecular weight excluding hydrogens is 899 g/mol. The number of cyclic esters (lactones) is 1. The van der Waals surface area contributed by atoms with Gasteiger partial charge in [-0.05, 0) is 33.1 Å². The molecule has 21 nitrogen and oxygen atoms in total. The van der Waals surface area contributed by atoms with Crippen molar-refractivity contribution in [3.63, 3.8) is 0 Å². The van der Waals surface area contributed by atoms with Gasteiger partial charge in [0, 0.05) is 37.5 Å². The maximum Gasteiger partial charge on any atom is 0.311 e. The van der Waals surface area contributed by atoms with Crippen LogP contribution in [-0.4, -0.2) is 182 Å². The summed E-state index contributed by atoms with van der Waals surface area (Å²) in [7, 11) is 0. The van der Waals surface area contributed by atoms with Crippen molar-refractivity contribution >= 4 is 11.9 Å². The first-order chi connectivity index (χ1) is 30.6. The van der Waals surface area contributed by atoms with Gasteiger partial charge in [0.15, 0.2) is 12.1 Å². The van der Waals surface area contributed by atoms with E-state index in [1.165, 1.54) is 13.0 Å². The number of aliphatic hydroxyl groups is 10. The molecule has 3 aliphatic rings. The van der Waals surface area contributed by atoms with Gasteiger partial charge in [-0.2, -0.15) is 0 Å². The summed E-state index contributed by atoms with van der Waals surface area (Å²) in [5.74, 6) is -6.83. The fourth-order valence-corrected chi connectivity index (χ4v) is 7.97. The van der Waals surface area contributed by atoms with Crippen molar-refractivity contribution < 1.29 is 101 Å². The molecule has 3 heterocycles. The van der Waals surface area contributed by atoms with Gasteiger partial charge < -0.3 is 97.3 Å². The molecule has 0 aromatic carbocycles. The molecule has 0 spiro atoms. The van der Waals surface area contributed by atoms with E-state index in [-0.39, 0.29) is 48.0 Å². The second kappa shape index (κ2) is 31.6. The van der Waals surface area contributed by atoms with Crippen molar-refractivity contribution in [3.05, 3.63) is 85.1 Å². The minimum atomic E-state index is -2.33. The number of ether oxygens (including phenoxy) is 4. The third kappa shape index (κ3) is 21.2. The van der Waals surface area contributed by atoms with Crippen LogP contribution in [0.5, 0.6) is 0 Å². The van der Waals surface area contributed by atoms with Gasteiger partial charge in [0.1, 0.15) is 18.1 Å². The normalized spacial score (nSPS) is 43.5.